The topological polar surface area (TPSA) is 76.4 Å². The third kappa shape index (κ3) is 3.34. The number of likely N-dealkylation sites (N-methyl/N-ethyl adjacent to an activating group) is 1. The van der Waals surface area contributed by atoms with E-state index in [2.05, 4.69) is 26.1 Å². The summed E-state index contributed by atoms with van der Waals surface area (Å²) in [6.07, 6.45) is 0. The Kier molecular flexibility index (Phi) is 4.93. The molecule has 0 radical (unpaired) electrons. The fourth-order valence-corrected chi connectivity index (χ4v) is 2.40. The summed E-state index contributed by atoms with van der Waals surface area (Å²) in [6.45, 7) is 7.23. The normalized spacial score (nSPS) is 15.5. The molecule has 1 aliphatic rings. The molecule has 1 aliphatic heterocycles. The standard InChI is InChI=1S/C15H22N6O/c1-11-12(2)17-18-15(13(11)9-16)21-7-5-20(6-8-21)10-14(22)19(3)4/h5-8,10H2,1-4H3. The largest absolute Gasteiger partial charge is 0.351 e. The predicted molar refractivity (Wildman–Crippen MR) is 83.6 cm³/mol. The van der Waals surface area contributed by atoms with Gasteiger partial charge < -0.3 is 9.80 Å². The van der Waals surface area contributed by atoms with Gasteiger partial charge in [0.25, 0.3) is 0 Å². The summed E-state index contributed by atoms with van der Waals surface area (Å²) in [7, 11) is 3.53. The van der Waals surface area contributed by atoms with Crippen molar-refractivity contribution in [3.8, 4) is 6.07 Å². The molecule has 7 heteroatoms. The molecule has 1 amide bonds. The monoisotopic (exact) mass is 302 g/mol. The summed E-state index contributed by atoms with van der Waals surface area (Å²) in [5.41, 5.74) is 2.28. The highest BCUT2D eigenvalue weighted by atomic mass is 16.2. The number of carbonyl (C=O) groups is 1. The summed E-state index contributed by atoms with van der Waals surface area (Å²) in [5.74, 6) is 0.765. The highest BCUT2D eigenvalue weighted by molar-refractivity contribution is 5.77. The van der Waals surface area contributed by atoms with E-state index in [1.807, 2.05) is 13.8 Å². The van der Waals surface area contributed by atoms with Crippen LogP contribution < -0.4 is 4.90 Å². The van der Waals surface area contributed by atoms with Crippen LogP contribution in [-0.4, -0.2) is 72.7 Å². The van der Waals surface area contributed by atoms with Crippen LogP contribution in [0, 0.1) is 25.2 Å². The Balaban J connectivity index is 2.05. The molecule has 0 aliphatic carbocycles. The molecule has 1 fully saturated rings. The van der Waals surface area contributed by atoms with E-state index < -0.39 is 0 Å². The average molecular weight is 302 g/mol. The molecule has 7 nitrogen and oxygen atoms in total. The lowest BCUT2D eigenvalue weighted by molar-refractivity contribution is -0.129. The van der Waals surface area contributed by atoms with Crippen LogP contribution >= 0.6 is 0 Å². The molecular weight excluding hydrogens is 280 g/mol. The van der Waals surface area contributed by atoms with Crippen molar-refractivity contribution >= 4 is 11.7 Å². The Morgan fingerprint density at radius 2 is 1.86 bits per heavy atom. The second-order valence-electron chi connectivity index (χ2n) is 5.77. The van der Waals surface area contributed by atoms with Gasteiger partial charge in [-0.1, -0.05) is 0 Å². The van der Waals surface area contributed by atoms with Gasteiger partial charge >= 0.3 is 0 Å². The van der Waals surface area contributed by atoms with Crippen molar-refractivity contribution in [3.05, 3.63) is 16.8 Å². The van der Waals surface area contributed by atoms with Gasteiger partial charge in [0.05, 0.1) is 12.2 Å². The summed E-state index contributed by atoms with van der Waals surface area (Å²) < 4.78 is 0. The minimum absolute atomic E-state index is 0.108. The van der Waals surface area contributed by atoms with Crippen molar-refractivity contribution in [2.24, 2.45) is 0 Å². The number of hydrogen-bond acceptors (Lipinski definition) is 6. The van der Waals surface area contributed by atoms with E-state index >= 15 is 0 Å². The number of nitrogens with zero attached hydrogens (tertiary/aromatic N) is 6. The van der Waals surface area contributed by atoms with Crippen molar-refractivity contribution in [1.29, 1.82) is 5.26 Å². The molecule has 0 saturated carbocycles. The number of aromatic nitrogens is 2. The van der Waals surface area contributed by atoms with Crippen molar-refractivity contribution < 1.29 is 4.79 Å². The molecular formula is C15H22N6O. The highest BCUT2D eigenvalue weighted by Gasteiger charge is 2.23. The van der Waals surface area contributed by atoms with Gasteiger partial charge in [-0.05, 0) is 19.4 Å². The van der Waals surface area contributed by atoms with Gasteiger partial charge in [0.15, 0.2) is 5.82 Å². The van der Waals surface area contributed by atoms with Crippen molar-refractivity contribution in [3.63, 3.8) is 0 Å². The van der Waals surface area contributed by atoms with Crippen LogP contribution in [0.3, 0.4) is 0 Å². The second-order valence-corrected chi connectivity index (χ2v) is 5.77. The predicted octanol–water partition coefficient (Wildman–Crippen LogP) is 0.175. The third-order valence-corrected chi connectivity index (χ3v) is 4.08. The fourth-order valence-electron chi connectivity index (χ4n) is 2.40. The molecule has 0 aromatic carbocycles. The quantitative estimate of drug-likeness (QED) is 0.792. The van der Waals surface area contributed by atoms with E-state index in [0.29, 0.717) is 17.9 Å². The first-order chi connectivity index (χ1) is 10.4. The summed E-state index contributed by atoms with van der Waals surface area (Å²) in [6, 6.07) is 2.24. The Morgan fingerprint density at radius 3 is 2.41 bits per heavy atom. The zero-order valence-electron chi connectivity index (χ0n) is 13.6. The van der Waals surface area contributed by atoms with Crippen molar-refractivity contribution in [1.82, 2.24) is 20.0 Å². The number of piperazine rings is 1. The number of carbonyl (C=O) groups excluding carboxylic acids is 1. The maximum atomic E-state index is 11.8. The maximum absolute atomic E-state index is 11.8. The van der Waals surface area contributed by atoms with Crippen LogP contribution in [0.25, 0.3) is 0 Å². The second kappa shape index (κ2) is 6.71. The molecule has 1 aromatic rings. The summed E-state index contributed by atoms with van der Waals surface area (Å²) in [4.78, 5) is 17.6. The lowest BCUT2D eigenvalue weighted by Gasteiger charge is -2.35. The van der Waals surface area contributed by atoms with Gasteiger partial charge in [-0.3, -0.25) is 9.69 Å². The van der Waals surface area contributed by atoms with E-state index in [1.165, 1.54) is 0 Å². The molecule has 2 rings (SSSR count). The number of anilines is 1. The Morgan fingerprint density at radius 1 is 1.23 bits per heavy atom. The van der Waals surface area contributed by atoms with E-state index in [0.717, 1.165) is 37.4 Å². The van der Waals surface area contributed by atoms with Crippen LogP contribution in [0.2, 0.25) is 0 Å². The van der Waals surface area contributed by atoms with E-state index in [4.69, 9.17) is 0 Å². The molecule has 0 N–H and O–H groups in total. The molecule has 0 spiro atoms. The van der Waals surface area contributed by atoms with Crippen LogP contribution in [0.1, 0.15) is 16.8 Å². The van der Waals surface area contributed by atoms with E-state index in [-0.39, 0.29) is 5.91 Å². The third-order valence-electron chi connectivity index (χ3n) is 4.08. The van der Waals surface area contributed by atoms with Gasteiger partial charge in [-0.15, -0.1) is 5.10 Å². The van der Waals surface area contributed by atoms with Crippen LogP contribution in [-0.2, 0) is 4.79 Å². The fraction of sp³-hybridized carbons (Fsp3) is 0.600. The van der Waals surface area contributed by atoms with Crippen molar-refractivity contribution in [2.75, 3.05) is 51.7 Å². The first-order valence-corrected chi connectivity index (χ1v) is 7.35. The smallest absolute Gasteiger partial charge is 0.236 e. The maximum Gasteiger partial charge on any atom is 0.236 e. The number of aryl methyl sites for hydroxylation is 1. The van der Waals surface area contributed by atoms with Crippen LogP contribution in [0.5, 0.6) is 0 Å². The number of rotatable bonds is 3. The SMILES string of the molecule is Cc1nnc(N2CCN(CC(=O)N(C)C)CC2)c(C#N)c1C. The number of amides is 1. The number of hydrogen-bond donors (Lipinski definition) is 0. The zero-order chi connectivity index (χ0) is 16.3. The molecule has 0 atom stereocenters. The molecule has 22 heavy (non-hydrogen) atoms. The Bertz CT molecular complexity index is 599. The minimum Gasteiger partial charge on any atom is -0.351 e. The molecule has 2 heterocycles. The average Bonchev–Trinajstić information content (AvgIpc) is 2.50. The highest BCUT2D eigenvalue weighted by Crippen LogP contribution is 2.22. The van der Waals surface area contributed by atoms with Crippen LogP contribution in [0.15, 0.2) is 0 Å². The van der Waals surface area contributed by atoms with E-state index in [9.17, 15) is 10.1 Å². The lowest BCUT2D eigenvalue weighted by atomic mass is 10.1. The van der Waals surface area contributed by atoms with Gasteiger partial charge in [0.2, 0.25) is 5.91 Å². The van der Waals surface area contributed by atoms with Crippen molar-refractivity contribution in [2.45, 2.75) is 13.8 Å². The molecule has 1 aromatic heterocycles. The molecule has 118 valence electrons. The first-order valence-electron chi connectivity index (χ1n) is 7.35. The zero-order valence-corrected chi connectivity index (χ0v) is 13.6. The van der Waals surface area contributed by atoms with Gasteiger partial charge in [-0.2, -0.15) is 10.4 Å². The minimum atomic E-state index is 0.108. The van der Waals surface area contributed by atoms with Crippen LogP contribution in [0.4, 0.5) is 5.82 Å². The van der Waals surface area contributed by atoms with E-state index in [1.54, 1.807) is 19.0 Å². The van der Waals surface area contributed by atoms with Gasteiger partial charge in [0, 0.05) is 40.3 Å². The Labute approximate surface area is 131 Å². The Hall–Kier alpha value is -2.20. The first kappa shape index (κ1) is 16.2. The van der Waals surface area contributed by atoms with Gasteiger partial charge in [-0.25, -0.2) is 0 Å². The summed E-state index contributed by atoms with van der Waals surface area (Å²) >= 11 is 0. The molecule has 0 bridgehead atoms. The van der Waals surface area contributed by atoms with Gasteiger partial charge in [0.1, 0.15) is 11.6 Å². The molecule has 1 saturated heterocycles. The number of nitriles is 1. The lowest BCUT2D eigenvalue weighted by Crippen LogP contribution is -2.49. The molecule has 0 unspecified atom stereocenters. The summed E-state index contributed by atoms with van der Waals surface area (Å²) in [5, 5.41) is 17.7.